The number of rotatable bonds is 10. The van der Waals surface area contributed by atoms with Crippen LogP contribution in [-0.2, 0) is 0 Å². The van der Waals surface area contributed by atoms with Gasteiger partial charge in [0.15, 0.2) is 0 Å². The number of aromatic nitrogens is 4. The molecule has 0 bridgehead atoms. The van der Waals surface area contributed by atoms with Crippen LogP contribution in [0.4, 0.5) is 0 Å². The van der Waals surface area contributed by atoms with E-state index in [2.05, 4.69) is 419 Å². The van der Waals surface area contributed by atoms with E-state index in [4.69, 9.17) is 0 Å². The molecule has 0 radical (unpaired) electrons. The lowest BCUT2D eigenvalue weighted by Gasteiger charge is -2.11. The van der Waals surface area contributed by atoms with Crippen LogP contribution < -0.4 is 0 Å². The van der Waals surface area contributed by atoms with Crippen LogP contribution in [0.5, 0.6) is 0 Å². The van der Waals surface area contributed by atoms with Gasteiger partial charge in [0.05, 0.1) is 44.1 Å². The molecular formula is C100H66N4. The van der Waals surface area contributed by atoms with Crippen LogP contribution in [0.25, 0.3) is 188 Å². The maximum absolute atomic E-state index is 2.40. The van der Waals surface area contributed by atoms with Gasteiger partial charge in [0.25, 0.3) is 0 Å². The summed E-state index contributed by atoms with van der Waals surface area (Å²) in [5.41, 5.74) is 29.0. The maximum atomic E-state index is 2.40. The molecule has 21 aromatic rings. The summed E-state index contributed by atoms with van der Waals surface area (Å²) >= 11 is 0. The zero-order valence-electron chi connectivity index (χ0n) is 56.9. The zero-order valence-corrected chi connectivity index (χ0v) is 56.9. The van der Waals surface area contributed by atoms with E-state index in [0.717, 1.165) is 5.69 Å². The Balaban J connectivity index is 0.000000139. The van der Waals surface area contributed by atoms with Crippen LogP contribution in [0.3, 0.4) is 0 Å². The van der Waals surface area contributed by atoms with E-state index in [-0.39, 0.29) is 0 Å². The Morgan fingerprint density at radius 2 is 0.327 bits per heavy atom. The third-order valence-corrected chi connectivity index (χ3v) is 21.2. The minimum Gasteiger partial charge on any atom is -0.309 e. The Kier molecular flexibility index (Phi) is 14.5. The highest BCUT2D eigenvalue weighted by atomic mass is 15.0. The molecule has 0 fully saturated rings. The minimum atomic E-state index is 1.16. The van der Waals surface area contributed by atoms with Crippen molar-refractivity contribution in [3.05, 3.63) is 400 Å². The van der Waals surface area contributed by atoms with Crippen LogP contribution in [0.1, 0.15) is 0 Å². The quantitative estimate of drug-likeness (QED) is 0.130. The molecule has 0 aliphatic carbocycles. The molecule has 4 heteroatoms. The first-order chi connectivity index (χ1) is 51.6. The van der Waals surface area contributed by atoms with Crippen LogP contribution in [-0.4, -0.2) is 18.3 Å². The second-order valence-corrected chi connectivity index (χ2v) is 27.2. The second-order valence-electron chi connectivity index (χ2n) is 27.2. The predicted molar refractivity (Wildman–Crippen MR) is 440 cm³/mol. The molecule has 0 saturated carbocycles. The fourth-order valence-electron chi connectivity index (χ4n) is 16.2. The van der Waals surface area contributed by atoms with E-state index >= 15 is 0 Å². The molecule has 104 heavy (non-hydrogen) atoms. The lowest BCUT2D eigenvalue weighted by Crippen LogP contribution is -1.93. The van der Waals surface area contributed by atoms with Crippen molar-refractivity contribution in [3.63, 3.8) is 0 Å². The normalized spacial score (nSPS) is 11.7. The molecule has 21 rings (SSSR count). The Hall–Kier alpha value is -13.8. The molecule has 486 valence electrons. The summed E-state index contributed by atoms with van der Waals surface area (Å²) in [6.07, 6.45) is 0. The summed E-state index contributed by atoms with van der Waals surface area (Å²) in [5.74, 6) is 0. The van der Waals surface area contributed by atoms with E-state index in [1.807, 2.05) is 0 Å². The number of hydrogen-bond acceptors (Lipinski definition) is 0. The summed E-state index contributed by atoms with van der Waals surface area (Å²) in [6, 6.07) is 146. The molecule has 0 spiro atoms. The Bertz CT molecular complexity index is 6840. The summed E-state index contributed by atoms with van der Waals surface area (Å²) in [4.78, 5) is 0. The SMILES string of the molecule is c1ccc(-c2ccc3c(c2)c2cc(-c4ccc(-c5ccc6c(c5)c5ccccc5n6-c5ccccc5)cc4)ccc2n3-c2ccccc2)cc1.c1ccc(-n2c3ccccc3c3cc(-c4ccc(-c5ccc6c(c5)c5ccccc5n6-c5ccc(-c6ccc7ccccc7c6)cc5)cc4)ccc32)cc1. The standard InChI is InChI=1S/C52H34N2.C48H32N2/c1-2-12-43(13-3-1)53-49-16-8-6-14-45(49)47-33-41(26-30-51(47)53)36-18-20-37(21-19-36)42-27-31-52-48(34-42)46-15-7-9-17-50(46)54(52)44-28-24-38(25-29-44)40-23-22-35-10-4-5-11-39(35)32-40;1-4-12-33(13-5-1)36-24-28-47-43(31-36)44-32-38(26-29-48(44)50(47)40-16-8-3-9-17-40)35-22-20-34(21-23-35)37-25-27-46-42(30-37)41-18-10-11-19-45(41)49(46)39-14-6-2-7-15-39/h1-34H;1-32H. The van der Waals surface area contributed by atoms with E-state index in [9.17, 15) is 0 Å². The van der Waals surface area contributed by atoms with Crippen LogP contribution >= 0.6 is 0 Å². The summed E-state index contributed by atoms with van der Waals surface area (Å²) in [5, 5.41) is 12.6. The molecular weight excluding hydrogens is 1260 g/mol. The molecule has 17 aromatic carbocycles. The minimum absolute atomic E-state index is 1.16. The van der Waals surface area contributed by atoms with Crippen molar-refractivity contribution in [2.45, 2.75) is 0 Å². The predicted octanol–water partition coefficient (Wildman–Crippen LogP) is 26.9. The smallest absolute Gasteiger partial charge is 0.0541 e. The average molecular weight is 1320 g/mol. The van der Waals surface area contributed by atoms with Gasteiger partial charge >= 0.3 is 0 Å². The molecule has 0 saturated heterocycles. The molecule has 0 aliphatic rings. The van der Waals surface area contributed by atoms with Gasteiger partial charge in [-0.15, -0.1) is 0 Å². The largest absolute Gasteiger partial charge is 0.309 e. The van der Waals surface area contributed by atoms with Crippen molar-refractivity contribution in [3.8, 4) is 89.5 Å². The van der Waals surface area contributed by atoms with Crippen molar-refractivity contribution in [2.24, 2.45) is 0 Å². The monoisotopic (exact) mass is 1320 g/mol. The number of fused-ring (bicyclic) bond motifs is 13. The molecule has 0 N–H and O–H groups in total. The first-order valence-corrected chi connectivity index (χ1v) is 35.8. The van der Waals surface area contributed by atoms with Gasteiger partial charge in [-0.1, -0.05) is 267 Å². The molecule has 4 nitrogen and oxygen atoms in total. The van der Waals surface area contributed by atoms with Crippen LogP contribution in [0.15, 0.2) is 400 Å². The van der Waals surface area contributed by atoms with Gasteiger partial charge in [-0.3, -0.25) is 0 Å². The highest BCUT2D eigenvalue weighted by Gasteiger charge is 2.20. The Labute approximate surface area is 602 Å². The van der Waals surface area contributed by atoms with Gasteiger partial charge in [0.2, 0.25) is 0 Å². The number of hydrogen-bond donors (Lipinski definition) is 0. The summed E-state index contributed by atoms with van der Waals surface area (Å²) in [6.45, 7) is 0. The first kappa shape index (κ1) is 60.2. The van der Waals surface area contributed by atoms with E-state index < -0.39 is 0 Å². The van der Waals surface area contributed by atoms with Gasteiger partial charge < -0.3 is 18.3 Å². The van der Waals surface area contributed by atoms with Crippen LogP contribution in [0.2, 0.25) is 0 Å². The molecule has 4 heterocycles. The van der Waals surface area contributed by atoms with Crippen molar-refractivity contribution in [1.29, 1.82) is 0 Å². The summed E-state index contributed by atoms with van der Waals surface area (Å²) < 4.78 is 9.51. The van der Waals surface area contributed by atoms with Crippen LogP contribution in [0, 0.1) is 0 Å². The van der Waals surface area contributed by atoms with E-state index in [0.29, 0.717) is 0 Å². The van der Waals surface area contributed by atoms with Crippen molar-refractivity contribution >= 4 is 98.0 Å². The van der Waals surface area contributed by atoms with Gasteiger partial charge in [-0.25, -0.2) is 0 Å². The lowest BCUT2D eigenvalue weighted by atomic mass is 9.97. The van der Waals surface area contributed by atoms with E-state index in [1.54, 1.807) is 0 Å². The third kappa shape index (κ3) is 10.4. The molecule has 4 aromatic heterocycles. The molecule has 0 aliphatic heterocycles. The summed E-state index contributed by atoms with van der Waals surface area (Å²) in [7, 11) is 0. The second kappa shape index (κ2) is 25.1. The molecule has 0 unspecified atom stereocenters. The lowest BCUT2D eigenvalue weighted by molar-refractivity contribution is 1.18. The van der Waals surface area contributed by atoms with Gasteiger partial charge in [0, 0.05) is 65.8 Å². The zero-order chi connectivity index (χ0) is 68.6. The topological polar surface area (TPSA) is 19.7 Å². The fraction of sp³-hybridized carbons (Fsp3) is 0. The van der Waals surface area contributed by atoms with Gasteiger partial charge in [0.1, 0.15) is 0 Å². The Morgan fingerprint density at radius 1 is 0.115 bits per heavy atom. The van der Waals surface area contributed by atoms with Crippen molar-refractivity contribution in [2.75, 3.05) is 0 Å². The van der Waals surface area contributed by atoms with Crippen molar-refractivity contribution < 1.29 is 0 Å². The fourth-order valence-corrected chi connectivity index (χ4v) is 16.2. The molecule has 0 atom stereocenters. The number of nitrogens with zero attached hydrogens (tertiary/aromatic N) is 4. The van der Waals surface area contributed by atoms with Gasteiger partial charge in [-0.05, 0) is 211 Å². The Morgan fingerprint density at radius 3 is 0.663 bits per heavy atom. The van der Waals surface area contributed by atoms with Gasteiger partial charge in [-0.2, -0.15) is 0 Å². The van der Waals surface area contributed by atoms with Crippen molar-refractivity contribution in [1.82, 2.24) is 18.3 Å². The third-order valence-electron chi connectivity index (χ3n) is 21.2. The number of para-hydroxylation sites is 6. The van der Waals surface area contributed by atoms with E-state index in [1.165, 1.54) is 182 Å². The highest BCUT2D eigenvalue weighted by molar-refractivity contribution is 6.14. The maximum Gasteiger partial charge on any atom is 0.0541 e. The first-order valence-electron chi connectivity index (χ1n) is 35.8. The number of benzene rings is 17. The molecule has 0 amide bonds. The highest BCUT2D eigenvalue weighted by Crippen LogP contribution is 2.42. The average Bonchev–Trinajstić information content (AvgIpc) is 1.68.